The van der Waals surface area contributed by atoms with Gasteiger partial charge in [-0.05, 0) is 23.3 Å². The lowest BCUT2D eigenvalue weighted by atomic mass is 10.1. The summed E-state index contributed by atoms with van der Waals surface area (Å²) in [6.45, 7) is 0.138. The fraction of sp³-hybridized carbons (Fsp3) is 0.211. The van der Waals surface area contributed by atoms with Gasteiger partial charge in [-0.2, -0.15) is 5.10 Å². The van der Waals surface area contributed by atoms with Crippen LogP contribution in [0.2, 0.25) is 10.0 Å². The summed E-state index contributed by atoms with van der Waals surface area (Å²) in [5.74, 6) is -0.860. The average Bonchev–Trinajstić information content (AvgIpc) is 3.14. The fourth-order valence-electron chi connectivity index (χ4n) is 2.55. The number of carbonyl (C=O) groups is 2. The molecule has 0 atom stereocenters. The normalized spacial score (nSPS) is 13.5. The zero-order chi connectivity index (χ0) is 18.5. The minimum Gasteiger partial charge on any atom is -0.455 e. The Balaban J connectivity index is 1.51. The van der Waals surface area contributed by atoms with Gasteiger partial charge in [-0.25, -0.2) is 5.01 Å². The molecule has 134 valence electrons. The van der Waals surface area contributed by atoms with Gasteiger partial charge < -0.3 is 4.74 Å². The molecule has 26 heavy (non-hydrogen) atoms. The van der Waals surface area contributed by atoms with Crippen molar-refractivity contribution in [2.45, 2.75) is 12.8 Å². The van der Waals surface area contributed by atoms with Gasteiger partial charge in [0, 0.05) is 6.42 Å². The maximum atomic E-state index is 12.2. The molecule has 5 nitrogen and oxygen atoms in total. The zero-order valence-electron chi connectivity index (χ0n) is 13.8. The maximum absolute atomic E-state index is 12.2. The van der Waals surface area contributed by atoms with Crippen LogP contribution in [-0.2, 0) is 20.7 Å². The van der Waals surface area contributed by atoms with Gasteiger partial charge in [0.15, 0.2) is 6.61 Å². The summed E-state index contributed by atoms with van der Waals surface area (Å²) in [7, 11) is 0. The Labute approximate surface area is 161 Å². The fourth-order valence-corrected chi connectivity index (χ4v) is 2.88. The predicted octanol–water partition coefficient (Wildman–Crippen LogP) is 3.72. The number of amides is 1. The molecular weight excluding hydrogens is 375 g/mol. The lowest BCUT2D eigenvalue weighted by molar-refractivity contribution is -0.151. The smallest absolute Gasteiger partial charge is 0.310 e. The minimum absolute atomic E-state index is 0.0166. The third-order valence-electron chi connectivity index (χ3n) is 3.89. The number of hydrazone groups is 1. The maximum Gasteiger partial charge on any atom is 0.310 e. The molecule has 1 amide bonds. The summed E-state index contributed by atoms with van der Waals surface area (Å²) in [5, 5.41) is 6.45. The van der Waals surface area contributed by atoms with E-state index in [1.165, 1.54) is 5.01 Å². The Morgan fingerprint density at radius 3 is 2.58 bits per heavy atom. The lowest BCUT2D eigenvalue weighted by Crippen LogP contribution is -2.29. The predicted molar refractivity (Wildman–Crippen MR) is 100 cm³/mol. The van der Waals surface area contributed by atoms with Crippen LogP contribution in [0.15, 0.2) is 53.6 Å². The number of carbonyl (C=O) groups excluding carboxylic acids is 2. The van der Waals surface area contributed by atoms with Crippen molar-refractivity contribution in [2.75, 3.05) is 13.2 Å². The summed E-state index contributed by atoms with van der Waals surface area (Å²) >= 11 is 11.8. The number of hydrogen-bond donors (Lipinski definition) is 0. The van der Waals surface area contributed by atoms with Crippen LogP contribution in [0.3, 0.4) is 0 Å². The first-order valence-electron chi connectivity index (χ1n) is 8.06. The summed E-state index contributed by atoms with van der Waals surface area (Å²) in [6, 6.07) is 14.6. The highest BCUT2D eigenvalue weighted by Gasteiger charge is 2.22. The Kier molecular flexibility index (Phi) is 5.91. The van der Waals surface area contributed by atoms with Gasteiger partial charge in [-0.1, -0.05) is 59.6 Å². The molecule has 0 saturated carbocycles. The van der Waals surface area contributed by atoms with Gasteiger partial charge in [-0.15, -0.1) is 0 Å². The van der Waals surface area contributed by atoms with Gasteiger partial charge in [0.1, 0.15) is 0 Å². The Hall–Kier alpha value is -2.37. The molecule has 3 rings (SSSR count). The molecule has 2 aromatic carbocycles. The van der Waals surface area contributed by atoms with Crippen molar-refractivity contribution in [1.82, 2.24) is 5.01 Å². The van der Waals surface area contributed by atoms with Crippen molar-refractivity contribution >= 4 is 40.8 Å². The molecule has 1 aliphatic heterocycles. The molecular formula is C19H16Cl2N2O3. The third-order valence-corrected chi connectivity index (χ3v) is 4.62. The topological polar surface area (TPSA) is 59.0 Å². The van der Waals surface area contributed by atoms with Gasteiger partial charge in [0.05, 0.1) is 28.7 Å². The van der Waals surface area contributed by atoms with E-state index in [4.69, 9.17) is 27.9 Å². The molecule has 0 N–H and O–H groups in total. The molecule has 0 bridgehead atoms. The molecule has 0 radical (unpaired) electrons. The van der Waals surface area contributed by atoms with E-state index >= 15 is 0 Å². The quantitative estimate of drug-likeness (QED) is 0.730. The van der Waals surface area contributed by atoms with E-state index in [0.717, 1.165) is 11.3 Å². The second-order valence-electron chi connectivity index (χ2n) is 5.77. The van der Waals surface area contributed by atoms with Crippen LogP contribution in [0.1, 0.15) is 17.5 Å². The first-order chi connectivity index (χ1) is 12.5. The number of halogens is 2. The highest BCUT2D eigenvalue weighted by Crippen LogP contribution is 2.23. The van der Waals surface area contributed by atoms with Crippen LogP contribution >= 0.6 is 23.2 Å². The standard InChI is InChI=1S/C19H16Cl2N2O3/c20-15-7-6-13(10-16(15)21)11-19(25)26-12-18(24)23-9-8-17(22-23)14-4-2-1-3-5-14/h1-7,10H,8-9,11-12H2. The summed E-state index contributed by atoms with van der Waals surface area (Å²) in [5.41, 5.74) is 2.50. The van der Waals surface area contributed by atoms with Crippen molar-refractivity contribution in [3.05, 3.63) is 69.7 Å². The molecule has 7 heteroatoms. The van der Waals surface area contributed by atoms with Crippen LogP contribution in [0, 0.1) is 0 Å². The highest BCUT2D eigenvalue weighted by atomic mass is 35.5. The number of hydrogen-bond acceptors (Lipinski definition) is 4. The number of esters is 1. The first-order valence-corrected chi connectivity index (χ1v) is 8.81. The van der Waals surface area contributed by atoms with Crippen molar-refractivity contribution in [3.63, 3.8) is 0 Å². The highest BCUT2D eigenvalue weighted by molar-refractivity contribution is 6.42. The second kappa shape index (κ2) is 8.34. The van der Waals surface area contributed by atoms with Crippen LogP contribution in [0.5, 0.6) is 0 Å². The zero-order valence-corrected chi connectivity index (χ0v) is 15.3. The van der Waals surface area contributed by atoms with Crippen LogP contribution in [0.4, 0.5) is 0 Å². The summed E-state index contributed by atoms with van der Waals surface area (Å²) < 4.78 is 5.06. The molecule has 1 aliphatic rings. The van der Waals surface area contributed by atoms with E-state index in [0.29, 0.717) is 28.6 Å². The van der Waals surface area contributed by atoms with E-state index in [9.17, 15) is 9.59 Å². The van der Waals surface area contributed by atoms with Crippen LogP contribution in [0.25, 0.3) is 0 Å². The molecule has 1 heterocycles. The largest absolute Gasteiger partial charge is 0.455 e. The summed E-state index contributed by atoms with van der Waals surface area (Å²) in [6.07, 6.45) is 0.690. The number of ether oxygens (including phenoxy) is 1. The van der Waals surface area contributed by atoms with Gasteiger partial charge in [0.2, 0.25) is 0 Å². The van der Waals surface area contributed by atoms with Crippen molar-refractivity contribution in [1.29, 1.82) is 0 Å². The lowest BCUT2D eigenvalue weighted by Gasteiger charge is -2.11. The Morgan fingerprint density at radius 2 is 1.85 bits per heavy atom. The summed E-state index contributed by atoms with van der Waals surface area (Å²) in [4.78, 5) is 24.1. The Bertz CT molecular complexity index is 853. The monoisotopic (exact) mass is 390 g/mol. The average molecular weight is 391 g/mol. The van der Waals surface area contributed by atoms with Gasteiger partial charge >= 0.3 is 5.97 Å². The second-order valence-corrected chi connectivity index (χ2v) is 6.58. The number of benzene rings is 2. The Morgan fingerprint density at radius 1 is 1.08 bits per heavy atom. The molecule has 0 saturated heterocycles. The van der Waals surface area contributed by atoms with E-state index < -0.39 is 5.97 Å². The molecule has 0 aliphatic carbocycles. The number of rotatable bonds is 5. The van der Waals surface area contributed by atoms with E-state index in [1.807, 2.05) is 30.3 Å². The van der Waals surface area contributed by atoms with E-state index in [-0.39, 0.29) is 18.9 Å². The van der Waals surface area contributed by atoms with Crippen LogP contribution < -0.4 is 0 Å². The van der Waals surface area contributed by atoms with Crippen molar-refractivity contribution < 1.29 is 14.3 Å². The van der Waals surface area contributed by atoms with E-state index in [2.05, 4.69) is 5.10 Å². The van der Waals surface area contributed by atoms with Crippen molar-refractivity contribution in [3.8, 4) is 0 Å². The van der Waals surface area contributed by atoms with Gasteiger partial charge in [0.25, 0.3) is 5.91 Å². The van der Waals surface area contributed by atoms with Crippen LogP contribution in [-0.4, -0.2) is 35.7 Å². The molecule has 0 unspecified atom stereocenters. The molecule has 0 aromatic heterocycles. The third kappa shape index (κ3) is 4.62. The molecule has 0 spiro atoms. The van der Waals surface area contributed by atoms with Crippen molar-refractivity contribution in [2.24, 2.45) is 5.10 Å². The number of nitrogens with zero attached hydrogens (tertiary/aromatic N) is 2. The first kappa shape index (κ1) is 18.4. The molecule has 2 aromatic rings. The SMILES string of the molecule is O=C(Cc1ccc(Cl)c(Cl)c1)OCC(=O)N1CCC(c2ccccc2)=N1. The van der Waals surface area contributed by atoms with Gasteiger partial charge in [-0.3, -0.25) is 9.59 Å². The molecule has 0 fully saturated rings. The van der Waals surface area contributed by atoms with E-state index in [1.54, 1.807) is 18.2 Å². The minimum atomic E-state index is -0.511.